The number of hydrogen-bond acceptors (Lipinski definition) is 13. The molecule has 51 heavy (non-hydrogen) atoms. The molecule has 2 aliphatic heterocycles. The number of aryl methyl sites for hydroxylation is 1. The van der Waals surface area contributed by atoms with Crippen LogP contribution in [-0.4, -0.2) is 72.1 Å². The molecule has 0 bridgehead atoms. The Kier molecular flexibility index (Phi) is 11.6. The van der Waals surface area contributed by atoms with Gasteiger partial charge in [-0.3, -0.25) is 14.4 Å². The molecule has 0 saturated carbocycles. The first-order valence-electron chi connectivity index (χ1n) is 15.3. The van der Waals surface area contributed by atoms with Gasteiger partial charge in [-0.1, -0.05) is 0 Å². The van der Waals surface area contributed by atoms with Gasteiger partial charge in [0.2, 0.25) is 17.7 Å². The summed E-state index contributed by atoms with van der Waals surface area (Å²) in [6, 6.07) is 9.56. The zero-order valence-electron chi connectivity index (χ0n) is 27.5. The molecule has 266 valence electrons. The molecule has 3 aromatic carbocycles. The molecule has 1 unspecified atom stereocenters. The number of hydrogen-bond donors (Lipinski definition) is 5. The number of carbonyl (C=O) groups excluding carboxylic acids is 3. The first-order valence-corrected chi connectivity index (χ1v) is 17.1. The Hall–Kier alpha value is -5.43. The Morgan fingerprint density at radius 1 is 1.00 bits per heavy atom. The minimum absolute atomic E-state index is 0.0616. The van der Waals surface area contributed by atoms with Gasteiger partial charge >= 0.3 is 11.3 Å². The summed E-state index contributed by atoms with van der Waals surface area (Å²) in [6.07, 6.45) is 0.721. The van der Waals surface area contributed by atoms with Crippen LogP contribution in [0.15, 0.2) is 46.6 Å². The van der Waals surface area contributed by atoms with E-state index in [-0.39, 0.29) is 34.5 Å². The van der Waals surface area contributed by atoms with Crippen molar-refractivity contribution in [2.75, 3.05) is 42.1 Å². The van der Waals surface area contributed by atoms with E-state index in [4.69, 9.17) is 13.7 Å². The standard InChI is InChI=1S/C31H32N8O8S2.CO/c1-16-12-26(28-22(29(16)43)6-7-27(42)34-28)46-38-8-10-39(11-9-38)49(45)47-20-4-5-21-23(15-20)37-48-31(21)36-35-19-13-24(32-17(2)40)30(44)25(14-19)33-18(3)41;1-2/h4-5,12-15,43-44H,6-11H2,1-3H3,(H,32,40)(H,33,41)(H,34,42);. The predicted molar refractivity (Wildman–Crippen MR) is 187 cm³/mol. The maximum atomic E-state index is 13.1. The third-order valence-corrected chi connectivity index (χ3v) is 9.51. The van der Waals surface area contributed by atoms with Gasteiger partial charge in [-0.2, -0.15) is 12.9 Å². The number of carbonyl (C=O) groups is 3. The van der Waals surface area contributed by atoms with Gasteiger partial charge in [-0.15, -0.1) is 15.3 Å². The molecule has 5 N–H and O–H groups in total. The Morgan fingerprint density at radius 2 is 1.67 bits per heavy atom. The Bertz CT molecular complexity index is 2040. The van der Waals surface area contributed by atoms with Crippen LogP contribution in [0.1, 0.15) is 31.4 Å². The van der Waals surface area contributed by atoms with Crippen LogP contribution in [-0.2, 0) is 36.7 Å². The first kappa shape index (κ1) is 36.8. The quantitative estimate of drug-likeness (QED) is 0.0685. The van der Waals surface area contributed by atoms with Crippen LogP contribution in [0.2, 0.25) is 0 Å². The molecule has 1 saturated heterocycles. The number of azo groups is 1. The number of hydroxylamine groups is 2. The molecule has 1 atom stereocenters. The second kappa shape index (κ2) is 16.1. The molecule has 17 nitrogen and oxygen atoms in total. The number of benzene rings is 3. The molecule has 19 heteroatoms. The van der Waals surface area contributed by atoms with Crippen LogP contribution in [0.5, 0.6) is 23.0 Å². The molecule has 3 heterocycles. The van der Waals surface area contributed by atoms with Crippen LogP contribution in [0.25, 0.3) is 10.9 Å². The number of piperazine rings is 1. The van der Waals surface area contributed by atoms with Gasteiger partial charge in [0, 0.05) is 63.5 Å². The van der Waals surface area contributed by atoms with Gasteiger partial charge in [0.25, 0.3) is 11.3 Å². The Labute approximate surface area is 297 Å². The van der Waals surface area contributed by atoms with E-state index in [1.165, 1.54) is 26.0 Å². The topological polar surface area (TPSA) is 227 Å². The summed E-state index contributed by atoms with van der Waals surface area (Å²) in [6.45, 7) is 10.4. The van der Waals surface area contributed by atoms with E-state index in [0.717, 1.165) is 11.5 Å². The van der Waals surface area contributed by atoms with Crippen molar-refractivity contribution in [2.45, 2.75) is 33.6 Å². The number of nitrogens with zero attached hydrogens (tertiary/aromatic N) is 5. The fraction of sp³-hybridized carbons (Fsp3) is 0.281. The predicted octanol–water partition coefficient (Wildman–Crippen LogP) is 4.76. The van der Waals surface area contributed by atoms with E-state index >= 15 is 0 Å². The summed E-state index contributed by atoms with van der Waals surface area (Å²) in [5, 5.41) is 40.1. The number of phenols is 2. The third-order valence-electron chi connectivity index (χ3n) is 7.63. The van der Waals surface area contributed by atoms with Crippen molar-refractivity contribution in [3.63, 3.8) is 0 Å². The number of nitrogens with one attached hydrogen (secondary N) is 3. The summed E-state index contributed by atoms with van der Waals surface area (Å²) in [5.74, 6) is -0.338. The molecule has 0 radical (unpaired) electrons. The molecule has 0 spiro atoms. The van der Waals surface area contributed by atoms with E-state index in [0.29, 0.717) is 83.2 Å². The van der Waals surface area contributed by atoms with Crippen LogP contribution < -0.4 is 25.0 Å². The van der Waals surface area contributed by atoms with Crippen molar-refractivity contribution in [1.29, 1.82) is 0 Å². The maximum absolute atomic E-state index is 13.1. The number of amides is 3. The number of aromatic nitrogens is 1. The summed E-state index contributed by atoms with van der Waals surface area (Å²) in [5.41, 5.74) is 2.72. The molecular weight excluding hydrogens is 705 g/mol. The van der Waals surface area contributed by atoms with E-state index in [9.17, 15) is 28.8 Å². The summed E-state index contributed by atoms with van der Waals surface area (Å²) >= 11 is -0.714. The molecule has 0 aliphatic carbocycles. The molecule has 3 amide bonds. The molecule has 1 fully saturated rings. The normalized spacial score (nSPS) is 15.3. The van der Waals surface area contributed by atoms with Crippen molar-refractivity contribution in [3.05, 3.63) is 54.2 Å². The molecule has 4 aromatic rings. The summed E-state index contributed by atoms with van der Waals surface area (Å²) < 4.78 is 32.5. The third kappa shape index (κ3) is 8.66. The number of phenolic OH excluding ortho intramolecular Hbond substituents is 2. The van der Waals surface area contributed by atoms with Gasteiger partial charge in [0.1, 0.15) is 11.5 Å². The van der Waals surface area contributed by atoms with Crippen molar-refractivity contribution < 1.29 is 42.5 Å². The number of aromatic hydroxyl groups is 2. The molecular formula is C32H32N8O9S2. The van der Waals surface area contributed by atoms with E-state index in [1.54, 1.807) is 40.6 Å². The molecule has 2 aliphatic rings. The van der Waals surface area contributed by atoms with E-state index in [2.05, 4.69) is 37.2 Å². The van der Waals surface area contributed by atoms with Crippen LogP contribution in [0.4, 0.5) is 27.8 Å². The number of fused-ring (bicyclic) bond motifs is 2. The second-order valence-electron chi connectivity index (χ2n) is 11.3. The molecule has 1 aromatic heterocycles. The zero-order valence-corrected chi connectivity index (χ0v) is 29.1. The van der Waals surface area contributed by atoms with Crippen LogP contribution in [0.3, 0.4) is 0 Å². The summed E-state index contributed by atoms with van der Waals surface area (Å²) in [4.78, 5) is 41.3. The van der Waals surface area contributed by atoms with Crippen LogP contribution >= 0.6 is 11.5 Å². The van der Waals surface area contributed by atoms with Gasteiger partial charge in [0.15, 0.2) is 16.5 Å². The van der Waals surface area contributed by atoms with Crippen molar-refractivity contribution in [1.82, 2.24) is 13.7 Å². The molecule has 6 rings (SSSR count). The average molecular weight is 737 g/mol. The second-order valence-corrected chi connectivity index (χ2v) is 13.2. The van der Waals surface area contributed by atoms with Gasteiger partial charge in [-0.25, -0.2) is 0 Å². The fourth-order valence-electron chi connectivity index (χ4n) is 5.30. The zero-order chi connectivity index (χ0) is 36.8. The van der Waals surface area contributed by atoms with Crippen molar-refractivity contribution in [3.8, 4) is 23.0 Å². The van der Waals surface area contributed by atoms with E-state index < -0.39 is 23.1 Å². The fourth-order valence-corrected chi connectivity index (χ4v) is 6.82. The average Bonchev–Trinajstić information content (AvgIpc) is 3.51. The van der Waals surface area contributed by atoms with Crippen molar-refractivity contribution >= 4 is 79.2 Å². The van der Waals surface area contributed by atoms with Crippen LogP contribution in [0, 0.1) is 13.6 Å². The van der Waals surface area contributed by atoms with Gasteiger partial charge in [-0.05, 0) is 60.8 Å². The first-order chi connectivity index (χ1) is 24.4. The Morgan fingerprint density at radius 3 is 2.31 bits per heavy atom. The van der Waals surface area contributed by atoms with Gasteiger partial charge < -0.3 is 35.2 Å². The minimum atomic E-state index is -1.80. The Balaban J connectivity index is 0.00000248. The van der Waals surface area contributed by atoms with Crippen molar-refractivity contribution in [2.24, 2.45) is 10.2 Å². The monoisotopic (exact) mass is 736 g/mol. The summed E-state index contributed by atoms with van der Waals surface area (Å²) in [7, 11) is 0. The number of rotatable bonds is 9. The number of anilines is 3. The van der Waals surface area contributed by atoms with E-state index in [1.807, 2.05) is 0 Å². The van der Waals surface area contributed by atoms with Gasteiger partial charge in [0.05, 0.1) is 28.3 Å². The SMILES string of the molecule is CC(=O)Nc1cc(N=Nc2snc3cc(OS(=O)N4CCN(Oc5cc(C)c(O)c6c5NC(=O)CC6)CC4)ccc23)cc(NC(C)=O)c1O.[C-]#[O+].